The molecule has 0 aliphatic rings. The third kappa shape index (κ3) is 3.94. The Labute approximate surface area is 97.1 Å². The Morgan fingerprint density at radius 2 is 1.88 bits per heavy atom. The van der Waals surface area contributed by atoms with Crippen LogP contribution in [0.3, 0.4) is 0 Å². The van der Waals surface area contributed by atoms with Crippen LogP contribution in [0.2, 0.25) is 0 Å². The summed E-state index contributed by atoms with van der Waals surface area (Å²) in [5.74, 6) is -1.86. The predicted molar refractivity (Wildman–Crippen MR) is 59.6 cm³/mol. The van der Waals surface area contributed by atoms with Gasteiger partial charge in [0.2, 0.25) is 0 Å². The van der Waals surface area contributed by atoms with Crippen LogP contribution in [-0.2, 0) is 4.79 Å². The fourth-order valence-electron chi connectivity index (χ4n) is 1.24. The molecule has 0 radical (unpaired) electrons. The maximum absolute atomic E-state index is 12.0. The van der Waals surface area contributed by atoms with Crippen LogP contribution in [0.1, 0.15) is 12.5 Å². The van der Waals surface area contributed by atoms with Gasteiger partial charge in [0.1, 0.15) is 0 Å². The first-order valence-corrected chi connectivity index (χ1v) is 4.93. The topological polar surface area (TPSA) is 29.1 Å². The number of carbonyl (C=O) groups excluding carboxylic acids is 1. The fraction of sp³-hybridized carbons (Fsp3) is 0.250. The van der Waals surface area contributed by atoms with Crippen molar-refractivity contribution in [2.75, 3.05) is 5.32 Å². The molecule has 0 saturated heterocycles. The molecule has 0 aliphatic heterocycles. The molecule has 1 N–H and O–H groups in total. The minimum atomic E-state index is -4.82. The molecular formula is C12H12F3NO. The molecule has 5 heteroatoms. The zero-order valence-corrected chi connectivity index (χ0v) is 9.43. The maximum atomic E-state index is 12.0. The summed E-state index contributed by atoms with van der Waals surface area (Å²) in [5, 5.41) is 2.75. The molecule has 0 saturated carbocycles. The van der Waals surface area contributed by atoms with Gasteiger partial charge in [-0.15, -0.1) is 0 Å². The number of anilines is 1. The van der Waals surface area contributed by atoms with E-state index in [1.807, 2.05) is 19.1 Å². The molecule has 17 heavy (non-hydrogen) atoms. The number of carbonyl (C=O) groups is 1. The van der Waals surface area contributed by atoms with E-state index in [9.17, 15) is 18.0 Å². The number of benzene rings is 1. The Kier molecular flexibility index (Phi) is 3.93. The van der Waals surface area contributed by atoms with Crippen molar-refractivity contribution >= 4 is 11.5 Å². The highest BCUT2D eigenvalue weighted by Gasteiger charge is 2.36. The lowest BCUT2D eigenvalue weighted by molar-refractivity contribution is -0.165. The molecule has 2 nitrogen and oxygen atoms in total. The first kappa shape index (κ1) is 13.3. The van der Waals surface area contributed by atoms with Crippen LogP contribution in [0.4, 0.5) is 18.9 Å². The lowest BCUT2D eigenvalue weighted by atomic mass is 10.2. The minimum Gasteiger partial charge on any atom is -0.359 e. The van der Waals surface area contributed by atoms with Gasteiger partial charge >= 0.3 is 6.18 Å². The normalized spacial score (nSPS) is 12.4. The summed E-state index contributed by atoms with van der Waals surface area (Å²) >= 11 is 0. The second-order valence-electron chi connectivity index (χ2n) is 3.63. The van der Waals surface area contributed by atoms with Crippen molar-refractivity contribution in [1.29, 1.82) is 0 Å². The molecule has 0 spiro atoms. The van der Waals surface area contributed by atoms with Crippen molar-refractivity contribution < 1.29 is 18.0 Å². The molecule has 0 atom stereocenters. The number of nitrogens with one attached hydrogen (secondary N) is 1. The lowest BCUT2D eigenvalue weighted by Crippen LogP contribution is -2.21. The number of alkyl halides is 3. The largest absolute Gasteiger partial charge is 0.454 e. The van der Waals surface area contributed by atoms with Gasteiger partial charge in [0.25, 0.3) is 5.78 Å². The number of aryl methyl sites for hydroxylation is 1. The number of rotatable bonds is 3. The van der Waals surface area contributed by atoms with E-state index in [4.69, 9.17) is 0 Å². The summed E-state index contributed by atoms with van der Waals surface area (Å²) in [6, 6.07) is 7.13. The van der Waals surface area contributed by atoms with Crippen molar-refractivity contribution in [2.24, 2.45) is 0 Å². The Hall–Kier alpha value is -1.78. The van der Waals surface area contributed by atoms with Crippen molar-refractivity contribution in [1.82, 2.24) is 0 Å². The van der Waals surface area contributed by atoms with Crippen LogP contribution in [-0.4, -0.2) is 12.0 Å². The summed E-state index contributed by atoms with van der Waals surface area (Å²) in [6.45, 7) is 3.23. The van der Waals surface area contributed by atoms with Crippen LogP contribution >= 0.6 is 0 Å². The Bertz CT molecular complexity index is 449. The number of ketones is 1. The van der Waals surface area contributed by atoms with Gasteiger partial charge in [-0.3, -0.25) is 4.79 Å². The first-order chi connectivity index (χ1) is 7.80. The Balaban J connectivity index is 2.80. The summed E-state index contributed by atoms with van der Waals surface area (Å²) < 4.78 is 36.0. The molecule has 0 aliphatic carbocycles. The molecule has 0 bridgehead atoms. The zero-order valence-electron chi connectivity index (χ0n) is 9.43. The van der Waals surface area contributed by atoms with E-state index >= 15 is 0 Å². The second-order valence-corrected chi connectivity index (χ2v) is 3.63. The Morgan fingerprint density at radius 1 is 1.29 bits per heavy atom. The molecule has 92 valence electrons. The molecule has 0 unspecified atom stereocenters. The maximum Gasteiger partial charge on any atom is 0.454 e. The van der Waals surface area contributed by atoms with E-state index < -0.39 is 12.0 Å². The van der Waals surface area contributed by atoms with E-state index in [0.717, 1.165) is 5.56 Å². The van der Waals surface area contributed by atoms with E-state index in [1.54, 1.807) is 12.1 Å². The van der Waals surface area contributed by atoms with Gasteiger partial charge in [-0.25, -0.2) is 0 Å². The summed E-state index contributed by atoms with van der Waals surface area (Å²) in [6.07, 6.45) is -4.28. The van der Waals surface area contributed by atoms with Crippen LogP contribution < -0.4 is 5.32 Å². The van der Waals surface area contributed by atoms with Crippen LogP contribution in [0.25, 0.3) is 0 Å². The highest BCUT2D eigenvalue weighted by atomic mass is 19.4. The molecule has 0 aromatic heterocycles. The van der Waals surface area contributed by atoms with Gasteiger partial charge in [-0.2, -0.15) is 13.2 Å². The van der Waals surface area contributed by atoms with E-state index in [2.05, 4.69) is 5.32 Å². The number of halogens is 3. The minimum absolute atomic E-state index is 0.154. The third-order valence-electron chi connectivity index (χ3n) is 2.10. The zero-order chi connectivity index (χ0) is 13.1. The summed E-state index contributed by atoms with van der Waals surface area (Å²) in [7, 11) is 0. The highest BCUT2D eigenvalue weighted by molar-refractivity contribution is 5.95. The number of allylic oxidation sites excluding steroid dienone is 2. The highest BCUT2D eigenvalue weighted by Crippen LogP contribution is 2.19. The van der Waals surface area contributed by atoms with Crippen LogP contribution in [0, 0.1) is 6.92 Å². The van der Waals surface area contributed by atoms with Gasteiger partial charge in [0.05, 0.1) is 0 Å². The van der Waals surface area contributed by atoms with Gasteiger partial charge in [-0.05, 0) is 25.5 Å². The van der Waals surface area contributed by atoms with Crippen LogP contribution in [0.15, 0.2) is 36.0 Å². The molecule has 1 aromatic rings. The molecule has 0 amide bonds. The van der Waals surface area contributed by atoms with Crippen molar-refractivity contribution in [2.45, 2.75) is 20.0 Å². The van der Waals surface area contributed by atoms with Crippen molar-refractivity contribution in [3.63, 3.8) is 0 Å². The first-order valence-electron chi connectivity index (χ1n) is 4.93. The van der Waals surface area contributed by atoms with E-state index in [0.29, 0.717) is 11.8 Å². The molecule has 1 rings (SSSR count). The number of para-hydroxylation sites is 1. The van der Waals surface area contributed by atoms with Crippen molar-refractivity contribution in [3.8, 4) is 0 Å². The van der Waals surface area contributed by atoms with E-state index in [1.165, 1.54) is 6.92 Å². The third-order valence-corrected chi connectivity index (χ3v) is 2.10. The molecule has 0 heterocycles. The number of hydrogen-bond donors (Lipinski definition) is 1. The Morgan fingerprint density at radius 3 is 2.41 bits per heavy atom. The molecule has 1 aromatic carbocycles. The van der Waals surface area contributed by atoms with Gasteiger partial charge in [0, 0.05) is 17.5 Å². The smallest absolute Gasteiger partial charge is 0.359 e. The van der Waals surface area contributed by atoms with E-state index in [-0.39, 0.29) is 5.70 Å². The average Bonchev–Trinajstić information content (AvgIpc) is 2.20. The number of hydrogen-bond acceptors (Lipinski definition) is 2. The second kappa shape index (κ2) is 5.03. The van der Waals surface area contributed by atoms with Gasteiger partial charge < -0.3 is 5.32 Å². The fourth-order valence-corrected chi connectivity index (χ4v) is 1.24. The average molecular weight is 243 g/mol. The molecular weight excluding hydrogens is 231 g/mol. The van der Waals surface area contributed by atoms with Crippen molar-refractivity contribution in [3.05, 3.63) is 41.6 Å². The standard InChI is InChI=1S/C12H12F3NO/c1-8-5-3-4-6-10(8)16-9(2)7-11(17)12(13,14)15/h3-7,16H,1-2H3/b9-7+. The monoisotopic (exact) mass is 243 g/mol. The summed E-state index contributed by atoms with van der Waals surface area (Å²) in [5.41, 5.74) is 1.72. The van der Waals surface area contributed by atoms with Gasteiger partial charge in [0.15, 0.2) is 0 Å². The quantitative estimate of drug-likeness (QED) is 0.824. The van der Waals surface area contributed by atoms with Crippen LogP contribution in [0.5, 0.6) is 0 Å². The SMILES string of the molecule is C/C(=C\C(=O)C(F)(F)F)Nc1ccccc1C. The summed E-state index contributed by atoms with van der Waals surface area (Å²) in [4.78, 5) is 10.7. The predicted octanol–water partition coefficient (Wildman–Crippen LogP) is 3.44. The molecule has 0 fully saturated rings. The lowest BCUT2D eigenvalue weighted by Gasteiger charge is -2.09. The van der Waals surface area contributed by atoms with Gasteiger partial charge in [-0.1, -0.05) is 18.2 Å².